The number of halogens is 1. The molecular formula is C27H21ClN2O3. The number of hydrogen-bond donors (Lipinski definition) is 1. The molecule has 4 aromatic carbocycles. The molecule has 1 N–H and O–H groups in total. The van der Waals surface area contributed by atoms with Gasteiger partial charge in [-0.25, -0.2) is 4.98 Å². The summed E-state index contributed by atoms with van der Waals surface area (Å²) < 4.78 is 11.7. The van der Waals surface area contributed by atoms with Gasteiger partial charge in [0.1, 0.15) is 11.3 Å². The Hall–Kier alpha value is -3.83. The van der Waals surface area contributed by atoms with Crippen molar-refractivity contribution in [3.05, 3.63) is 88.9 Å². The van der Waals surface area contributed by atoms with Crippen LogP contribution in [0.25, 0.3) is 33.3 Å². The summed E-state index contributed by atoms with van der Waals surface area (Å²) >= 11 is 6.21. The second kappa shape index (κ2) is 8.60. The number of carbonyl (C=O) groups is 1. The van der Waals surface area contributed by atoms with Crippen LogP contribution in [0.5, 0.6) is 5.75 Å². The lowest BCUT2D eigenvalue weighted by atomic mass is 10.1. The largest absolute Gasteiger partial charge is 0.484 e. The average Bonchev–Trinajstić information content (AvgIpc) is 3.26. The zero-order valence-electron chi connectivity index (χ0n) is 18.2. The third kappa shape index (κ3) is 4.15. The van der Waals surface area contributed by atoms with E-state index >= 15 is 0 Å². The number of amides is 1. The number of nitrogens with zero attached hydrogens (tertiary/aromatic N) is 1. The topological polar surface area (TPSA) is 64.4 Å². The van der Waals surface area contributed by atoms with E-state index in [1.807, 2.05) is 86.6 Å². The van der Waals surface area contributed by atoms with Crippen LogP contribution >= 0.6 is 11.6 Å². The summed E-state index contributed by atoms with van der Waals surface area (Å²) in [4.78, 5) is 17.4. The molecule has 6 heteroatoms. The first-order chi connectivity index (χ1) is 16.0. The SMILES string of the molecule is Cc1cc(OCC(=O)Nc2ccccc2-c2nc3c(ccc4ccccc43)o2)cc(C)c1Cl. The highest BCUT2D eigenvalue weighted by atomic mass is 35.5. The fourth-order valence-electron chi connectivity index (χ4n) is 3.88. The number of anilines is 1. The molecule has 0 unspecified atom stereocenters. The van der Waals surface area contributed by atoms with Crippen molar-refractivity contribution in [2.24, 2.45) is 0 Å². The minimum Gasteiger partial charge on any atom is -0.484 e. The maximum atomic E-state index is 12.6. The Morgan fingerprint density at radius 2 is 1.73 bits per heavy atom. The van der Waals surface area contributed by atoms with Crippen LogP contribution in [-0.4, -0.2) is 17.5 Å². The van der Waals surface area contributed by atoms with Crippen molar-refractivity contribution in [3.63, 3.8) is 0 Å². The Kier molecular flexibility index (Phi) is 5.48. The molecule has 0 saturated heterocycles. The molecule has 0 aliphatic heterocycles. The molecule has 5 rings (SSSR count). The summed E-state index contributed by atoms with van der Waals surface area (Å²) in [5.74, 6) is 0.764. The van der Waals surface area contributed by atoms with Crippen molar-refractivity contribution in [1.29, 1.82) is 0 Å². The van der Waals surface area contributed by atoms with Crippen molar-refractivity contribution in [2.45, 2.75) is 13.8 Å². The maximum absolute atomic E-state index is 12.6. The molecule has 5 nitrogen and oxygen atoms in total. The highest BCUT2D eigenvalue weighted by Gasteiger charge is 2.16. The zero-order chi connectivity index (χ0) is 22.9. The van der Waals surface area contributed by atoms with Crippen molar-refractivity contribution in [2.75, 3.05) is 11.9 Å². The minimum absolute atomic E-state index is 0.132. The predicted octanol–water partition coefficient (Wildman–Crippen LogP) is 6.94. The van der Waals surface area contributed by atoms with Gasteiger partial charge in [-0.15, -0.1) is 0 Å². The summed E-state index contributed by atoms with van der Waals surface area (Å²) in [6, 6.07) is 23.0. The number of aromatic nitrogens is 1. The fourth-order valence-corrected chi connectivity index (χ4v) is 3.99. The summed E-state index contributed by atoms with van der Waals surface area (Å²) in [7, 11) is 0. The smallest absolute Gasteiger partial charge is 0.262 e. The van der Waals surface area contributed by atoms with E-state index in [1.54, 1.807) is 0 Å². The number of aryl methyl sites for hydroxylation is 2. The first-order valence-electron chi connectivity index (χ1n) is 10.6. The zero-order valence-corrected chi connectivity index (χ0v) is 18.9. The Labute approximate surface area is 196 Å². The van der Waals surface area contributed by atoms with Crippen LogP contribution in [0.3, 0.4) is 0 Å². The van der Waals surface area contributed by atoms with Crippen LogP contribution in [0.15, 0.2) is 77.2 Å². The van der Waals surface area contributed by atoms with Crippen molar-refractivity contribution in [3.8, 4) is 17.2 Å². The molecule has 1 heterocycles. The monoisotopic (exact) mass is 456 g/mol. The quantitative estimate of drug-likeness (QED) is 0.311. The highest BCUT2D eigenvalue weighted by Crippen LogP contribution is 2.33. The van der Waals surface area contributed by atoms with E-state index in [-0.39, 0.29) is 12.5 Å². The number of fused-ring (bicyclic) bond motifs is 3. The molecule has 0 radical (unpaired) electrons. The molecule has 5 aromatic rings. The van der Waals surface area contributed by atoms with E-state index in [1.165, 1.54) is 0 Å². The Bertz CT molecular complexity index is 1480. The van der Waals surface area contributed by atoms with E-state index in [2.05, 4.69) is 5.32 Å². The van der Waals surface area contributed by atoms with Gasteiger partial charge in [0.15, 0.2) is 12.2 Å². The summed E-state index contributed by atoms with van der Waals surface area (Å²) in [6.07, 6.45) is 0. The summed E-state index contributed by atoms with van der Waals surface area (Å²) in [5.41, 5.74) is 4.60. The molecule has 0 spiro atoms. The Balaban J connectivity index is 1.39. The number of benzene rings is 4. The average molecular weight is 457 g/mol. The van der Waals surface area contributed by atoms with Gasteiger partial charge >= 0.3 is 0 Å². The normalized spacial score (nSPS) is 11.1. The molecule has 0 saturated carbocycles. The van der Waals surface area contributed by atoms with E-state index in [4.69, 9.17) is 25.7 Å². The van der Waals surface area contributed by atoms with Gasteiger partial charge in [0, 0.05) is 10.4 Å². The molecule has 0 atom stereocenters. The lowest BCUT2D eigenvalue weighted by Crippen LogP contribution is -2.20. The first kappa shape index (κ1) is 21.0. The predicted molar refractivity (Wildman–Crippen MR) is 132 cm³/mol. The number of para-hydroxylation sites is 1. The van der Waals surface area contributed by atoms with Crippen LogP contribution in [-0.2, 0) is 4.79 Å². The molecule has 33 heavy (non-hydrogen) atoms. The van der Waals surface area contributed by atoms with Gasteiger partial charge in [-0.2, -0.15) is 0 Å². The number of ether oxygens (including phenoxy) is 1. The van der Waals surface area contributed by atoms with Gasteiger partial charge in [0.25, 0.3) is 5.91 Å². The van der Waals surface area contributed by atoms with Gasteiger partial charge in [0.2, 0.25) is 5.89 Å². The summed E-state index contributed by atoms with van der Waals surface area (Å²) in [5, 5.41) is 5.73. The standard InChI is InChI=1S/C27H21ClN2O3/c1-16-13-19(14-17(2)25(16)28)32-15-24(31)29-22-10-6-5-9-21(22)27-30-26-20-8-4-3-7-18(20)11-12-23(26)33-27/h3-14H,15H2,1-2H3,(H,29,31). The Morgan fingerprint density at radius 1 is 1.00 bits per heavy atom. The van der Waals surface area contributed by atoms with Crippen molar-refractivity contribution >= 4 is 45.1 Å². The Morgan fingerprint density at radius 3 is 2.55 bits per heavy atom. The van der Waals surface area contributed by atoms with Crippen LogP contribution in [0.2, 0.25) is 5.02 Å². The number of nitrogens with one attached hydrogen (secondary N) is 1. The van der Waals surface area contributed by atoms with E-state index < -0.39 is 0 Å². The lowest BCUT2D eigenvalue weighted by molar-refractivity contribution is -0.118. The second-order valence-corrected chi connectivity index (χ2v) is 8.28. The van der Waals surface area contributed by atoms with Crippen LogP contribution in [0.4, 0.5) is 5.69 Å². The molecule has 1 aromatic heterocycles. The van der Waals surface area contributed by atoms with Gasteiger partial charge in [-0.05, 0) is 60.7 Å². The number of carbonyl (C=O) groups excluding carboxylic acids is 1. The molecule has 0 aliphatic rings. The number of rotatable bonds is 5. The molecule has 0 fully saturated rings. The van der Waals surface area contributed by atoms with Crippen LogP contribution < -0.4 is 10.1 Å². The third-order valence-corrected chi connectivity index (χ3v) is 6.09. The first-order valence-corrected chi connectivity index (χ1v) is 10.9. The van der Waals surface area contributed by atoms with Crippen molar-refractivity contribution in [1.82, 2.24) is 4.98 Å². The molecule has 0 aliphatic carbocycles. The van der Waals surface area contributed by atoms with Crippen LogP contribution in [0.1, 0.15) is 11.1 Å². The van der Waals surface area contributed by atoms with Gasteiger partial charge in [-0.3, -0.25) is 4.79 Å². The lowest BCUT2D eigenvalue weighted by Gasteiger charge is -2.11. The van der Waals surface area contributed by atoms with E-state index in [9.17, 15) is 4.79 Å². The summed E-state index contributed by atoms with van der Waals surface area (Å²) in [6.45, 7) is 3.68. The second-order valence-electron chi connectivity index (χ2n) is 7.91. The van der Waals surface area contributed by atoms with E-state index in [0.29, 0.717) is 33.5 Å². The van der Waals surface area contributed by atoms with Crippen molar-refractivity contribution < 1.29 is 13.9 Å². The van der Waals surface area contributed by atoms with Gasteiger partial charge < -0.3 is 14.5 Å². The molecule has 0 bridgehead atoms. The number of hydrogen-bond acceptors (Lipinski definition) is 4. The third-order valence-electron chi connectivity index (χ3n) is 5.50. The van der Waals surface area contributed by atoms with E-state index in [0.717, 1.165) is 27.4 Å². The van der Waals surface area contributed by atoms with Crippen LogP contribution in [0, 0.1) is 13.8 Å². The number of oxazole rings is 1. The maximum Gasteiger partial charge on any atom is 0.262 e. The molecule has 164 valence electrons. The van der Waals surface area contributed by atoms with Gasteiger partial charge in [-0.1, -0.05) is 54.1 Å². The highest BCUT2D eigenvalue weighted by molar-refractivity contribution is 6.32. The fraction of sp³-hybridized carbons (Fsp3) is 0.111. The van der Waals surface area contributed by atoms with Gasteiger partial charge in [0.05, 0.1) is 11.3 Å². The molecular weight excluding hydrogens is 436 g/mol. The molecule has 1 amide bonds. The minimum atomic E-state index is -0.283.